The van der Waals surface area contributed by atoms with E-state index in [1.54, 1.807) is 13.0 Å². The van der Waals surface area contributed by atoms with E-state index in [-0.39, 0.29) is 23.7 Å². The fraction of sp³-hybridized carbons (Fsp3) is 0.333. The molecule has 2 unspecified atom stereocenters. The molecular formula is C18H17F4N5O2S. The van der Waals surface area contributed by atoms with Gasteiger partial charge in [-0.2, -0.15) is 13.2 Å². The lowest BCUT2D eigenvalue weighted by molar-refractivity contribution is -0.132. The van der Waals surface area contributed by atoms with Crippen LogP contribution in [0.5, 0.6) is 0 Å². The van der Waals surface area contributed by atoms with Gasteiger partial charge in [-0.3, -0.25) is 14.9 Å². The first-order valence-electron chi connectivity index (χ1n) is 8.80. The lowest BCUT2D eigenvalue weighted by Gasteiger charge is -2.30. The SMILES string of the molecule is C[C@@H](NC(=O)C1CC(=O)NC(c2ncccn2)N1)c1ccc(SC(F)(F)F)c(F)c1. The first-order valence-corrected chi connectivity index (χ1v) is 9.62. The van der Waals surface area contributed by atoms with Gasteiger partial charge in [0.15, 0.2) is 5.82 Å². The van der Waals surface area contributed by atoms with Crippen molar-refractivity contribution >= 4 is 23.6 Å². The number of nitrogens with zero attached hydrogens (tertiary/aromatic N) is 2. The molecule has 160 valence electrons. The summed E-state index contributed by atoms with van der Waals surface area (Å²) in [6.45, 7) is 1.56. The highest BCUT2D eigenvalue weighted by atomic mass is 32.2. The Labute approximate surface area is 173 Å². The topological polar surface area (TPSA) is 96.0 Å². The predicted molar refractivity (Wildman–Crippen MR) is 99.3 cm³/mol. The van der Waals surface area contributed by atoms with E-state index in [0.717, 1.165) is 12.1 Å². The summed E-state index contributed by atoms with van der Waals surface area (Å²) < 4.78 is 51.3. The molecule has 7 nitrogen and oxygen atoms in total. The molecular weight excluding hydrogens is 426 g/mol. The molecule has 2 aromatic rings. The quantitative estimate of drug-likeness (QED) is 0.486. The standard InChI is InChI=1S/C18H17F4N5O2S/c1-9(10-3-4-13(11(19)7-10)30-18(20,21)22)25-17(29)12-8-14(28)27-16(26-12)15-23-5-2-6-24-15/h2-7,9,12,16,26H,8H2,1H3,(H,25,29)(H,27,28)/t9-,12?,16?/m1/s1. The van der Waals surface area contributed by atoms with Crippen molar-refractivity contribution in [1.29, 1.82) is 0 Å². The van der Waals surface area contributed by atoms with Crippen LogP contribution in [0.3, 0.4) is 0 Å². The maximum absolute atomic E-state index is 14.0. The van der Waals surface area contributed by atoms with E-state index in [0.29, 0.717) is 0 Å². The van der Waals surface area contributed by atoms with Crippen molar-refractivity contribution in [3.63, 3.8) is 0 Å². The highest BCUT2D eigenvalue weighted by Crippen LogP contribution is 2.38. The van der Waals surface area contributed by atoms with Gasteiger partial charge in [-0.05, 0) is 42.4 Å². The molecule has 12 heteroatoms. The van der Waals surface area contributed by atoms with Crippen LogP contribution in [0.2, 0.25) is 0 Å². The lowest BCUT2D eigenvalue weighted by Crippen LogP contribution is -2.56. The predicted octanol–water partition coefficient (Wildman–Crippen LogP) is 2.58. The van der Waals surface area contributed by atoms with Crippen LogP contribution in [0.15, 0.2) is 41.6 Å². The Morgan fingerprint density at radius 1 is 1.30 bits per heavy atom. The number of halogens is 4. The molecule has 0 radical (unpaired) electrons. The van der Waals surface area contributed by atoms with Crippen LogP contribution in [-0.4, -0.2) is 33.3 Å². The minimum Gasteiger partial charge on any atom is -0.348 e. The summed E-state index contributed by atoms with van der Waals surface area (Å²) in [6.07, 6.45) is 2.11. The van der Waals surface area contributed by atoms with Crippen molar-refractivity contribution in [2.45, 2.75) is 42.0 Å². The van der Waals surface area contributed by atoms with Crippen molar-refractivity contribution in [3.05, 3.63) is 53.9 Å². The summed E-state index contributed by atoms with van der Waals surface area (Å²) >= 11 is -0.546. The second-order valence-electron chi connectivity index (χ2n) is 6.50. The highest BCUT2D eigenvalue weighted by Gasteiger charge is 2.33. The number of hydrogen-bond donors (Lipinski definition) is 3. The number of carbonyl (C=O) groups is 2. The molecule has 3 rings (SSSR count). The molecule has 1 aliphatic heterocycles. The van der Waals surface area contributed by atoms with Crippen LogP contribution in [-0.2, 0) is 9.59 Å². The first-order chi connectivity index (χ1) is 14.1. The number of benzene rings is 1. The first kappa shape index (κ1) is 22.0. The Hall–Kier alpha value is -2.73. The van der Waals surface area contributed by atoms with Crippen molar-refractivity contribution in [1.82, 2.24) is 25.9 Å². The molecule has 2 heterocycles. The zero-order chi connectivity index (χ0) is 21.9. The van der Waals surface area contributed by atoms with Crippen LogP contribution < -0.4 is 16.0 Å². The van der Waals surface area contributed by atoms with E-state index in [1.807, 2.05) is 0 Å². The smallest absolute Gasteiger partial charge is 0.348 e. The summed E-state index contributed by atoms with van der Waals surface area (Å²) in [5.74, 6) is -1.64. The van der Waals surface area contributed by atoms with Gasteiger partial charge >= 0.3 is 5.51 Å². The Kier molecular flexibility index (Phi) is 6.56. The van der Waals surface area contributed by atoms with Gasteiger partial charge < -0.3 is 10.6 Å². The normalized spacial score (nSPS) is 20.4. The Bertz CT molecular complexity index is 929. The van der Waals surface area contributed by atoms with Crippen LogP contribution in [0.25, 0.3) is 0 Å². The Morgan fingerprint density at radius 3 is 2.63 bits per heavy atom. The molecule has 1 fully saturated rings. The summed E-state index contributed by atoms with van der Waals surface area (Å²) in [4.78, 5) is 32.1. The Morgan fingerprint density at radius 2 is 2.00 bits per heavy atom. The average molecular weight is 443 g/mol. The lowest BCUT2D eigenvalue weighted by atomic mass is 10.1. The zero-order valence-corrected chi connectivity index (χ0v) is 16.4. The van der Waals surface area contributed by atoms with Gasteiger partial charge in [0.25, 0.3) is 0 Å². The Balaban J connectivity index is 1.66. The summed E-state index contributed by atoms with van der Waals surface area (Å²) in [7, 11) is 0. The number of amides is 2. The molecule has 0 saturated carbocycles. The maximum atomic E-state index is 14.0. The molecule has 3 N–H and O–H groups in total. The molecule has 1 saturated heterocycles. The molecule has 1 aromatic heterocycles. The number of rotatable bonds is 5. The number of alkyl halides is 3. The van der Waals surface area contributed by atoms with E-state index < -0.39 is 52.1 Å². The van der Waals surface area contributed by atoms with Gasteiger partial charge in [-0.1, -0.05) is 6.07 Å². The van der Waals surface area contributed by atoms with Crippen molar-refractivity contribution in [3.8, 4) is 0 Å². The van der Waals surface area contributed by atoms with Gasteiger partial charge in [-0.15, -0.1) is 0 Å². The van der Waals surface area contributed by atoms with Gasteiger partial charge in [-0.25, -0.2) is 14.4 Å². The van der Waals surface area contributed by atoms with Crippen LogP contribution in [0, 0.1) is 5.82 Å². The summed E-state index contributed by atoms with van der Waals surface area (Å²) in [6, 6.07) is 3.29. The minimum absolute atomic E-state index is 0.128. The fourth-order valence-electron chi connectivity index (χ4n) is 2.87. The zero-order valence-electron chi connectivity index (χ0n) is 15.5. The second-order valence-corrected chi connectivity index (χ2v) is 7.61. The maximum Gasteiger partial charge on any atom is 0.446 e. The molecule has 0 bridgehead atoms. The van der Waals surface area contributed by atoms with Crippen LogP contribution in [0.4, 0.5) is 17.6 Å². The van der Waals surface area contributed by atoms with Gasteiger partial charge in [0, 0.05) is 12.4 Å². The minimum atomic E-state index is -4.60. The van der Waals surface area contributed by atoms with E-state index in [1.165, 1.54) is 18.5 Å². The molecule has 30 heavy (non-hydrogen) atoms. The van der Waals surface area contributed by atoms with Crippen molar-refractivity contribution in [2.24, 2.45) is 0 Å². The average Bonchev–Trinajstić information content (AvgIpc) is 2.68. The monoisotopic (exact) mass is 443 g/mol. The third-order valence-corrected chi connectivity index (χ3v) is 5.05. The van der Waals surface area contributed by atoms with Crippen molar-refractivity contribution < 1.29 is 27.2 Å². The summed E-state index contributed by atoms with van der Waals surface area (Å²) in [5, 5.41) is 8.20. The molecule has 1 aromatic carbocycles. The number of hydrogen-bond acceptors (Lipinski definition) is 6. The van der Waals surface area contributed by atoms with Gasteiger partial charge in [0.1, 0.15) is 12.0 Å². The second kappa shape index (κ2) is 8.96. The molecule has 2 amide bonds. The number of carbonyl (C=O) groups excluding carboxylic acids is 2. The van der Waals surface area contributed by atoms with Crippen LogP contribution in [0.1, 0.15) is 36.9 Å². The van der Waals surface area contributed by atoms with Crippen molar-refractivity contribution in [2.75, 3.05) is 0 Å². The number of aromatic nitrogens is 2. The van der Waals surface area contributed by atoms with E-state index in [9.17, 15) is 27.2 Å². The largest absolute Gasteiger partial charge is 0.446 e. The number of nitrogens with one attached hydrogen (secondary N) is 3. The molecule has 3 atom stereocenters. The number of thioether (sulfide) groups is 1. The van der Waals surface area contributed by atoms with E-state index >= 15 is 0 Å². The van der Waals surface area contributed by atoms with Crippen LogP contribution >= 0.6 is 11.8 Å². The molecule has 0 spiro atoms. The molecule has 1 aliphatic rings. The van der Waals surface area contributed by atoms with Gasteiger partial charge in [0.2, 0.25) is 11.8 Å². The fourth-order valence-corrected chi connectivity index (χ4v) is 3.41. The van der Waals surface area contributed by atoms with Gasteiger partial charge in [0.05, 0.1) is 23.4 Å². The molecule has 0 aliphatic carbocycles. The summed E-state index contributed by atoms with van der Waals surface area (Å²) in [5.41, 5.74) is -4.32. The van der Waals surface area contributed by atoms with E-state index in [4.69, 9.17) is 0 Å². The highest BCUT2D eigenvalue weighted by molar-refractivity contribution is 8.00. The van der Waals surface area contributed by atoms with E-state index in [2.05, 4.69) is 25.9 Å². The third kappa shape index (κ3) is 5.66. The third-order valence-electron chi connectivity index (χ3n) is 4.26.